The highest BCUT2D eigenvalue weighted by Gasteiger charge is 2.16. The van der Waals surface area contributed by atoms with Gasteiger partial charge >= 0.3 is 0 Å². The maximum atomic E-state index is 12.5. The largest absolute Gasteiger partial charge is 0.493 e. The highest BCUT2D eigenvalue weighted by atomic mass is 35.5. The number of hydrogen-bond acceptors (Lipinski definition) is 4. The van der Waals surface area contributed by atoms with E-state index in [0.717, 1.165) is 0 Å². The molecule has 1 N–H and O–H groups in total. The number of nitrogens with zero attached hydrogens (tertiary/aromatic N) is 1. The molecule has 0 fully saturated rings. The van der Waals surface area contributed by atoms with Crippen molar-refractivity contribution in [1.82, 2.24) is 4.90 Å². The first kappa shape index (κ1) is 19.6. The fourth-order valence-electron chi connectivity index (χ4n) is 2.29. The maximum Gasteiger partial charge on any atom is 0.255 e. The molecule has 0 unspecified atom stereocenters. The molecule has 0 atom stereocenters. The van der Waals surface area contributed by atoms with Gasteiger partial charge in [-0.25, -0.2) is 0 Å². The van der Waals surface area contributed by atoms with Gasteiger partial charge in [-0.15, -0.1) is 0 Å². The van der Waals surface area contributed by atoms with Gasteiger partial charge < -0.3 is 19.7 Å². The molecule has 2 aromatic carbocycles. The van der Waals surface area contributed by atoms with Crippen LogP contribution in [-0.2, 0) is 0 Å². The van der Waals surface area contributed by atoms with E-state index in [-0.39, 0.29) is 11.8 Å². The number of carbonyl (C=O) groups excluding carboxylic acids is 2. The molecule has 0 spiro atoms. The third-order valence-electron chi connectivity index (χ3n) is 3.58. The Balaban J connectivity index is 2.19. The standard InChI is InChI=1S/C19H21ClN2O4/c1-5-26-17-15(20)10-13(11-16(17)25-4)18(23)21-14-8-6-12(7-9-14)19(24)22(2)3/h6-11H,5H2,1-4H3,(H,21,23). The third-order valence-corrected chi connectivity index (χ3v) is 3.86. The van der Waals surface area contributed by atoms with Crippen LogP contribution in [0, 0.1) is 0 Å². The zero-order valence-corrected chi connectivity index (χ0v) is 15.9. The van der Waals surface area contributed by atoms with E-state index < -0.39 is 0 Å². The van der Waals surface area contributed by atoms with Crippen LogP contribution < -0.4 is 14.8 Å². The normalized spacial score (nSPS) is 10.2. The van der Waals surface area contributed by atoms with Crippen LogP contribution in [0.3, 0.4) is 0 Å². The SMILES string of the molecule is CCOc1c(Cl)cc(C(=O)Nc2ccc(C(=O)N(C)C)cc2)cc1OC. The predicted octanol–water partition coefficient (Wildman–Crippen LogP) is 3.70. The fraction of sp³-hybridized carbons (Fsp3) is 0.263. The zero-order chi connectivity index (χ0) is 19.3. The number of anilines is 1. The Morgan fingerprint density at radius 1 is 1.12 bits per heavy atom. The average Bonchev–Trinajstić information content (AvgIpc) is 2.63. The van der Waals surface area contributed by atoms with Gasteiger partial charge in [0.25, 0.3) is 11.8 Å². The Hall–Kier alpha value is -2.73. The lowest BCUT2D eigenvalue weighted by Crippen LogP contribution is -2.21. The smallest absolute Gasteiger partial charge is 0.255 e. The summed E-state index contributed by atoms with van der Waals surface area (Å²) < 4.78 is 10.7. The van der Waals surface area contributed by atoms with Gasteiger partial charge in [0.05, 0.1) is 18.7 Å². The van der Waals surface area contributed by atoms with Gasteiger partial charge in [-0.3, -0.25) is 9.59 Å². The lowest BCUT2D eigenvalue weighted by Gasteiger charge is -2.13. The van der Waals surface area contributed by atoms with Crippen LogP contribution in [0.2, 0.25) is 5.02 Å². The summed E-state index contributed by atoms with van der Waals surface area (Å²) in [7, 11) is 4.85. The highest BCUT2D eigenvalue weighted by Crippen LogP contribution is 2.36. The van der Waals surface area contributed by atoms with Crippen LogP contribution in [-0.4, -0.2) is 44.5 Å². The molecule has 0 saturated carbocycles. The van der Waals surface area contributed by atoms with Crippen LogP contribution in [0.4, 0.5) is 5.69 Å². The van der Waals surface area contributed by atoms with Crippen molar-refractivity contribution >= 4 is 29.1 Å². The van der Waals surface area contributed by atoms with Crippen molar-refractivity contribution in [3.63, 3.8) is 0 Å². The molecule has 138 valence electrons. The van der Waals surface area contributed by atoms with Crippen molar-refractivity contribution in [2.75, 3.05) is 33.1 Å². The topological polar surface area (TPSA) is 67.9 Å². The van der Waals surface area contributed by atoms with Crippen LogP contribution in [0.1, 0.15) is 27.6 Å². The molecular weight excluding hydrogens is 356 g/mol. The number of ether oxygens (including phenoxy) is 2. The summed E-state index contributed by atoms with van der Waals surface area (Å²) in [5, 5.41) is 3.06. The first-order valence-corrected chi connectivity index (χ1v) is 8.38. The summed E-state index contributed by atoms with van der Waals surface area (Å²) in [5.74, 6) is 0.335. The van der Waals surface area contributed by atoms with E-state index in [1.165, 1.54) is 18.1 Å². The predicted molar refractivity (Wildman–Crippen MR) is 102 cm³/mol. The lowest BCUT2D eigenvalue weighted by molar-refractivity contribution is 0.0827. The van der Waals surface area contributed by atoms with Gasteiger partial charge in [0.15, 0.2) is 11.5 Å². The summed E-state index contributed by atoms with van der Waals surface area (Å²) in [4.78, 5) is 25.9. The minimum atomic E-state index is -0.347. The number of nitrogens with one attached hydrogen (secondary N) is 1. The molecule has 0 saturated heterocycles. The maximum absolute atomic E-state index is 12.5. The molecule has 2 aromatic rings. The Kier molecular flexibility index (Phi) is 6.46. The van der Waals surface area contributed by atoms with Crippen LogP contribution in [0.25, 0.3) is 0 Å². The Morgan fingerprint density at radius 2 is 1.77 bits per heavy atom. The van der Waals surface area contributed by atoms with Crippen LogP contribution in [0.5, 0.6) is 11.5 Å². The van der Waals surface area contributed by atoms with E-state index in [1.54, 1.807) is 44.4 Å². The van der Waals surface area contributed by atoms with Crippen LogP contribution in [0.15, 0.2) is 36.4 Å². The van der Waals surface area contributed by atoms with Gasteiger partial charge in [-0.05, 0) is 43.3 Å². The number of hydrogen-bond donors (Lipinski definition) is 1. The van der Waals surface area contributed by atoms with E-state index >= 15 is 0 Å². The minimum absolute atomic E-state index is 0.106. The highest BCUT2D eigenvalue weighted by molar-refractivity contribution is 6.32. The number of rotatable bonds is 6. The second-order valence-corrected chi connectivity index (χ2v) is 6.06. The molecule has 7 heteroatoms. The minimum Gasteiger partial charge on any atom is -0.493 e. The molecule has 0 aliphatic rings. The van der Waals surface area contributed by atoms with E-state index in [0.29, 0.717) is 39.9 Å². The van der Waals surface area contributed by atoms with Crippen molar-refractivity contribution in [3.8, 4) is 11.5 Å². The van der Waals surface area contributed by atoms with Crippen molar-refractivity contribution < 1.29 is 19.1 Å². The number of methoxy groups -OCH3 is 1. The zero-order valence-electron chi connectivity index (χ0n) is 15.1. The fourth-order valence-corrected chi connectivity index (χ4v) is 2.56. The molecule has 2 amide bonds. The van der Waals surface area contributed by atoms with Crippen molar-refractivity contribution in [3.05, 3.63) is 52.5 Å². The monoisotopic (exact) mass is 376 g/mol. The molecule has 0 radical (unpaired) electrons. The van der Waals surface area contributed by atoms with Gasteiger partial charge in [-0.2, -0.15) is 0 Å². The number of amides is 2. The average molecular weight is 377 g/mol. The molecule has 2 rings (SSSR count). The van der Waals surface area contributed by atoms with Crippen molar-refractivity contribution in [2.24, 2.45) is 0 Å². The van der Waals surface area contributed by atoms with Crippen molar-refractivity contribution in [1.29, 1.82) is 0 Å². The van der Waals surface area contributed by atoms with E-state index in [2.05, 4.69) is 5.32 Å². The van der Waals surface area contributed by atoms with Gasteiger partial charge in [0, 0.05) is 30.9 Å². The lowest BCUT2D eigenvalue weighted by atomic mass is 10.1. The Bertz CT molecular complexity index is 804. The second kappa shape index (κ2) is 8.58. The first-order valence-electron chi connectivity index (χ1n) is 8.00. The quantitative estimate of drug-likeness (QED) is 0.834. The third kappa shape index (κ3) is 4.46. The number of carbonyl (C=O) groups is 2. The molecule has 0 aromatic heterocycles. The van der Waals surface area contributed by atoms with E-state index in [4.69, 9.17) is 21.1 Å². The number of halogens is 1. The molecule has 6 nitrogen and oxygen atoms in total. The molecule has 0 heterocycles. The van der Waals surface area contributed by atoms with E-state index in [9.17, 15) is 9.59 Å². The Morgan fingerprint density at radius 3 is 2.31 bits per heavy atom. The van der Waals surface area contributed by atoms with Gasteiger partial charge in [-0.1, -0.05) is 11.6 Å². The molecule has 0 bridgehead atoms. The summed E-state index contributed by atoms with van der Waals surface area (Å²) in [5.41, 5.74) is 1.44. The molecule has 26 heavy (non-hydrogen) atoms. The first-order chi connectivity index (χ1) is 12.4. The summed E-state index contributed by atoms with van der Waals surface area (Å²) >= 11 is 6.20. The summed E-state index contributed by atoms with van der Waals surface area (Å²) in [6, 6.07) is 9.74. The van der Waals surface area contributed by atoms with Crippen molar-refractivity contribution in [2.45, 2.75) is 6.92 Å². The van der Waals surface area contributed by atoms with Crippen LogP contribution >= 0.6 is 11.6 Å². The molecule has 0 aliphatic heterocycles. The molecular formula is C19H21ClN2O4. The number of benzene rings is 2. The van der Waals surface area contributed by atoms with Gasteiger partial charge in [0.1, 0.15) is 0 Å². The molecule has 0 aliphatic carbocycles. The van der Waals surface area contributed by atoms with Gasteiger partial charge in [0.2, 0.25) is 0 Å². The summed E-state index contributed by atoms with van der Waals surface area (Å²) in [6.07, 6.45) is 0. The second-order valence-electron chi connectivity index (χ2n) is 5.65. The van der Waals surface area contributed by atoms with E-state index in [1.807, 2.05) is 6.92 Å². The Labute approximate surface area is 157 Å². The summed E-state index contributed by atoms with van der Waals surface area (Å²) in [6.45, 7) is 2.26.